The first-order chi connectivity index (χ1) is 6.70. The van der Waals surface area contributed by atoms with E-state index >= 15 is 0 Å². The Morgan fingerprint density at radius 2 is 2.14 bits per heavy atom. The maximum absolute atomic E-state index is 11.4. The van der Waals surface area contributed by atoms with E-state index in [2.05, 4.69) is 0 Å². The molecule has 0 spiro atoms. The highest BCUT2D eigenvalue weighted by molar-refractivity contribution is 5.32. The Hall–Kier alpha value is -2.07. The van der Waals surface area contributed by atoms with Gasteiger partial charge in [-0.1, -0.05) is 0 Å². The highest BCUT2D eigenvalue weighted by Gasteiger charge is 2.04. The zero-order valence-corrected chi connectivity index (χ0v) is 7.82. The van der Waals surface area contributed by atoms with Gasteiger partial charge in [-0.25, -0.2) is 0 Å². The molecular formula is C10H9N3O. The van der Waals surface area contributed by atoms with Crippen molar-refractivity contribution in [3.63, 3.8) is 0 Å². The second-order valence-electron chi connectivity index (χ2n) is 2.84. The van der Waals surface area contributed by atoms with Crippen LogP contribution < -0.4 is 5.56 Å². The lowest BCUT2D eigenvalue weighted by Gasteiger charge is -2.07. The van der Waals surface area contributed by atoms with Gasteiger partial charge in [0.15, 0.2) is 0 Å². The van der Waals surface area contributed by atoms with E-state index in [-0.39, 0.29) is 12.0 Å². The lowest BCUT2D eigenvalue weighted by atomic mass is 10.2. The topological polar surface area (TPSA) is 69.6 Å². The van der Waals surface area contributed by atoms with Gasteiger partial charge in [0.1, 0.15) is 6.07 Å². The highest BCUT2D eigenvalue weighted by Crippen LogP contribution is 2.03. The normalized spacial score (nSPS) is 9.07. The first-order valence-electron chi connectivity index (χ1n) is 4.18. The van der Waals surface area contributed by atoms with Gasteiger partial charge < -0.3 is 4.57 Å². The van der Waals surface area contributed by atoms with E-state index in [1.165, 1.54) is 16.7 Å². The zero-order valence-electron chi connectivity index (χ0n) is 7.82. The summed E-state index contributed by atoms with van der Waals surface area (Å²) < 4.78 is 1.45. The first kappa shape index (κ1) is 10.0. The van der Waals surface area contributed by atoms with Crippen molar-refractivity contribution < 1.29 is 0 Å². The molecule has 0 aliphatic rings. The third-order valence-electron chi connectivity index (χ3n) is 2.02. The molecule has 1 aromatic rings. The second-order valence-corrected chi connectivity index (χ2v) is 2.84. The van der Waals surface area contributed by atoms with Crippen molar-refractivity contribution in [3.8, 4) is 12.1 Å². The number of pyridine rings is 1. The molecule has 0 aliphatic carbocycles. The number of aromatic nitrogens is 1. The minimum atomic E-state index is -0.170. The van der Waals surface area contributed by atoms with Crippen LogP contribution in [0.5, 0.6) is 0 Å². The van der Waals surface area contributed by atoms with Crippen LogP contribution in [-0.2, 0) is 6.54 Å². The summed E-state index contributed by atoms with van der Waals surface area (Å²) in [6.45, 7) is 2.05. The average Bonchev–Trinajstić information content (AvgIpc) is 2.18. The fraction of sp³-hybridized carbons (Fsp3) is 0.300. The largest absolute Gasteiger partial charge is 0.311 e. The lowest BCUT2D eigenvalue weighted by Crippen LogP contribution is -2.22. The van der Waals surface area contributed by atoms with Crippen LogP contribution in [0, 0.1) is 29.6 Å². The molecule has 0 atom stereocenters. The highest BCUT2D eigenvalue weighted by atomic mass is 16.1. The molecule has 1 heterocycles. The molecule has 0 saturated carbocycles. The molecule has 4 nitrogen and oxygen atoms in total. The van der Waals surface area contributed by atoms with E-state index < -0.39 is 0 Å². The molecule has 0 amide bonds. The van der Waals surface area contributed by atoms with E-state index in [1.807, 2.05) is 12.1 Å². The molecule has 1 rings (SSSR count). The number of hydrogen-bond donors (Lipinski definition) is 0. The fourth-order valence-corrected chi connectivity index (χ4v) is 1.23. The molecule has 0 aliphatic heterocycles. The Labute approximate surface area is 81.6 Å². The predicted molar refractivity (Wildman–Crippen MR) is 50.4 cm³/mol. The Morgan fingerprint density at radius 1 is 1.43 bits per heavy atom. The van der Waals surface area contributed by atoms with E-state index in [1.54, 1.807) is 6.92 Å². The predicted octanol–water partition coefficient (Wildman–Crippen LogP) is 0.942. The molecule has 70 valence electrons. The van der Waals surface area contributed by atoms with Crippen LogP contribution in [0.15, 0.2) is 16.9 Å². The number of nitrogens with zero attached hydrogens (tertiary/aromatic N) is 3. The third kappa shape index (κ3) is 1.81. The Kier molecular flexibility index (Phi) is 3.04. The van der Waals surface area contributed by atoms with Gasteiger partial charge in [0.05, 0.1) is 18.1 Å². The SMILES string of the molecule is Cc1c(C#N)ccc(=O)n1CCC#N. The van der Waals surface area contributed by atoms with Crippen LogP contribution in [0.25, 0.3) is 0 Å². The molecule has 0 saturated heterocycles. The van der Waals surface area contributed by atoms with Crippen molar-refractivity contribution in [2.45, 2.75) is 19.9 Å². The minimum Gasteiger partial charge on any atom is -0.311 e. The standard InChI is InChI=1S/C10H9N3O/c1-8-9(7-12)3-4-10(14)13(8)6-2-5-11/h3-4H,2,6H2,1H3. The molecule has 1 aromatic heterocycles. The summed E-state index contributed by atoms with van der Waals surface area (Å²) in [7, 11) is 0. The van der Waals surface area contributed by atoms with Gasteiger partial charge in [-0.2, -0.15) is 10.5 Å². The average molecular weight is 187 g/mol. The maximum atomic E-state index is 11.4. The van der Waals surface area contributed by atoms with Gasteiger partial charge in [-0.15, -0.1) is 0 Å². The van der Waals surface area contributed by atoms with Crippen molar-refractivity contribution in [1.82, 2.24) is 4.57 Å². The zero-order chi connectivity index (χ0) is 10.6. The van der Waals surface area contributed by atoms with Crippen LogP contribution in [-0.4, -0.2) is 4.57 Å². The smallest absolute Gasteiger partial charge is 0.250 e. The van der Waals surface area contributed by atoms with Crippen molar-refractivity contribution in [3.05, 3.63) is 33.7 Å². The minimum absolute atomic E-state index is 0.170. The summed E-state index contributed by atoms with van der Waals surface area (Å²) in [6.07, 6.45) is 0.273. The maximum Gasteiger partial charge on any atom is 0.250 e. The van der Waals surface area contributed by atoms with Crippen LogP contribution in [0.1, 0.15) is 17.7 Å². The number of hydrogen-bond acceptors (Lipinski definition) is 3. The van der Waals surface area contributed by atoms with Crippen molar-refractivity contribution in [2.24, 2.45) is 0 Å². The molecule has 14 heavy (non-hydrogen) atoms. The molecule has 0 radical (unpaired) electrons. The Bertz CT molecular complexity index is 474. The van der Waals surface area contributed by atoms with E-state index in [0.717, 1.165) is 0 Å². The summed E-state index contributed by atoms with van der Waals surface area (Å²) in [5.41, 5.74) is 0.925. The number of nitriles is 2. The van der Waals surface area contributed by atoms with Crippen molar-refractivity contribution >= 4 is 0 Å². The van der Waals surface area contributed by atoms with Crippen molar-refractivity contribution in [1.29, 1.82) is 10.5 Å². The van der Waals surface area contributed by atoms with Crippen LogP contribution in [0.4, 0.5) is 0 Å². The molecule has 0 unspecified atom stereocenters. The van der Waals surface area contributed by atoms with Gasteiger partial charge in [0.2, 0.25) is 0 Å². The summed E-state index contributed by atoms with van der Waals surface area (Å²) in [6, 6.07) is 6.81. The van der Waals surface area contributed by atoms with E-state index in [0.29, 0.717) is 17.8 Å². The molecule has 4 heteroatoms. The van der Waals surface area contributed by atoms with E-state index in [9.17, 15) is 4.79 Å². The monoisotopic (exact) mass is 187 g/mol. The summed E-state index contributed by atoms with van der Waals surface area (Å²) >= 11 is 0. The third-order valence-corrected chi connectivity index (χ3v) is 2.02. The van der Waals surface area contributed by atoms with Gasteiger partial charge >= 0.3 is 0 Å². The van der Waals surface area contributed by atoms with Gasteiger partial charge in [0.25, 0.3) is 5.56 Å². The van der Waals surface area contributed by atoms with Crippen LogP contribution in [0.2, 0.25) is 0 Å². The molecule has 0 bridgehead atoms. The molecule has 0 fully saturated rings. The summed E-state index contributed by atoms with van der Waals surface area (Å²) in [4.78, 5) is 11.4. The number of rotatable bonds is 2. The quantitative estimate of drug-likeness (QED) is 0.691. The molecule has 0 N–H and O–H groups in total. The summed E-state index contributed by atoms with van der Waals surface area (Å²) in [5.74, 6) is 0. The first-order valence-corrected chi connectivity index (χ1v) is 4.18. The van der Waals surface area contributed by atoms with Gasteiger partial charge in [-0.3, -0.25) is 4.79 Å². The summed E-state index contributed by atoms with van der Waals surface area (Å²) in [5, 5.41) is 17.1. The van der Waals surface area contributed by atoms with E-state index in [4.69, 9.17) is 10.5 Å². The Balaban J connectivity index is 3.22. The van der Waals surface area contributed by atoms with Crippen LogP contribution >= 0.6 is 0 Å². The molecule has 0 aromatic carbocycles. The van der Waals surface area contributed by atoms with Crippen molar-refractivity contribution in [2.75, 3.05) is 0 Å². The van der Waals surface area contributed by atoms with Crippen LogP contribution in [0.3, 0.4) is 0 Å². The fourth-order valence-electron chi connectivity index (χ4n) is 1.23. The lowest BCUT2D eigenvalue weighted by molar-refractivity contribution is 0.662. The molecular weight excluding hydrogens is 178 g/mol. The van der Waals surface area contributed by atoms with Gasteiger partial charge in [0, 0.05) is 18.3 Å². The second kappa shape index (κ2) is 4.25. The Morgan fingerprint density at radius 3 is 2.71 bits per heavy atom. The van der Waals surface area contributed by atoms with Gasteiger partial charge in [-0.05, 0) is 13.0 Å².